The Morgan fingerprint density at radius 3 is 2.81 bits per heavy atom. The minimum absolute atomic E-state index is 0.447. The summed E-state index contributed by atoms with van der Waals surface area (Å²) in [7, 11) is 0. The van der Waals surface area contributed by atoms with Crippen LogP contribution in [0.25, 0.3) is 0 Å². The number of nitrogen functional groups attached to an aromatic ring is 1. The van der Waals surface area contributed by atoms with Gasteiger partial charge in [-0.25, -0.2) is 0 Å². The maximum absolute atomic E-state index is 11.2. The molecule has 1 aromatic rings. The summed E-state index contributed by atoms with van der Waals surface area (Å²) in [6.07, 6.45) is 4.54. The molecule has 1 aromatic heterocycles. The highest BCUT2D eigenvalue weighted by atomic mass is 32.2. The molecular weight excluding hydrogens is 242 g/mol. The summed E-state index contributed by atoms with van der Waals surface area (Å²) in [5.41, 5.74) is 11.7. The Labute approximate surface area is 103 Å². The van der Waals surface area contributed by atoms with Gasteiger partial charge in [0.1, 0.15) is 9.88 Å². The monoisotopic (exact) mass is 257 g/mol. The van der Waals surface area contributed by atoms with Crippen molar-refractivity contribution in [1.29, 1.82) is 0 Å². The van der Waals surface area contributed by atoms with Crippen LogP contribution in [0.1, 0.15) is 22.5 Å². The van der Waals surface area contributed by atoms with E-state index in [2.05, 4.69) is 5.32 Å². The second-order valence-corrected chi connectivity index (χ2v) is 5.73. The molecule has 0 aliphatic heterocycles. The molecule has 0 atom stereocenters. The van der Waals surface area contributed by atoms with Gasteiger partial charge in [-0.1, -0.05) is 0 Å². The highest BCUT2D eigenvalue weighted by Crippen LogP contribution is 2.42. The molecule has 2 rings (SSSR count). The van der Waals surface area contributed by atoms with Crippen LogP contribution in [0.15, 0.2) is 4.90 Å². The predicted molar refractivity (Wildman–Crippen MR) is 70.2 cm³/mol. The van der Waals surface area contributed by atoms with Gasteiger partial charge in [-0.3, -0.25) is 4.79 Å². The third-order valence-corrected chi connectivity index (χ3v) is 4.72. The van der Waals surface area contributed by atoms with Gasteiger partial charge in [0.15, 0.2) is 0 Å². The largest absolute Gasteiger partial charge is 0.396 e. The van der Waals surface area contributed by atoms with Crippen LogP contribution < -0.4 is 16.8 Å². The predicted octanol–water partition coefficient (Wildman–Crippen LogP) is 1.97. The highest BCUT2D eigenvalue weighted by Gasteiger charge is 2.23. The number of carbonyl (C=O) groups is 1. The van der Waals surface area contributed by atoms with Gasteiger partial charge in [-0.2, -0.15) is 0 Å². The molecule has 0 spiro atoms. The van der Waals surface area contributed by atoms with E-state index < -0.39 is 5.91 Å². The first-order valence-electron chi connectivity index (χ1n) is 5.13. The third-order valence-electron chi connectivity index (χ3n) is 2.58. The molecule has 0 unspecified atom stereocenters. The van der Waals surface area contributed by atoms with Crippen LogP contribution in [-0.2, 0) is 0 Å². The Morgan fingerprint density at radius 2 is 2.31 bits per heavy atom. The van der Waals surface area contributed by atoms with Gasteiger partial charge in [0, 0.05) is 6.54 Å². The molecule has 6 heteroatoms. The zero-order chi connectivity index (χ0) is 11.7. The molecule has 1 aliphatic carbocycles. The number of hydrogen-bond acceptors (Lipinski definition) is 5. The van der Waals surface area contributed by atoms with Gasteiger partial charge in [0.05, 0.1) is 10.6 Å². The van der Waals surface area contributed by atoms with E-state index >= 15 is 0 Å². The van der Waals surface area contributed by atoms with Gasteiger partial charge >= 0.3 is 0 Å². The summed E-state index contributed by atoms with van der Waals surface area (Å²) in [5.74, 6) is 0.340. The van der Waals surface area contributed by atoms with Crippen LogP contribution in [0.5, 0.6) is 0 Å². The van der Waals surface area contributed by atoms with E-state index in [1.807, 2.05) is 6.26 Å². The van der Waals surface area contributed by atoms with Gasteiger partial charge in [0.2, 0.25) is 0 Å². The number of nitrogens with one attached hydrogen (secondary N) is 1. The lowest BCUT2D eigenvalue weighted by atomic mass is 10.3. The van der Waals surface area contributed by atoms with Crippen molar-refractivity contribution in [3.63, 3.8) is 0 Å². The smallest absolute Gasteiger partial charge is 0.261 e. The maximum Gasteiger partial charge on any atom is 0.261 e. The molecule has 4 nitrogen and oxygen atoms in total. The van der Waals surface area contributed by atoms with E-state index in [1.165, 1.54) is 24.2 Å². The SMILES string of the molecule is CSc1c(NCC2CC2)sc(C(N)=O)c1N. The van der Waals surface area contributed by atoms with Gasteiger partial charge in [-0.15, -0.1) is 23.1 Å². The Balaban J connectivity index is 2.20. The summed E-state index contributed by atoms with van der Waals surface area (Å²) in [6, 6.07) is 0. The summed E-state index contributed by atoms with van der Waals surface area (Å²) in [6.45, 7) is 0.964. The number of carbonyl (C=O) groups excluding carboxylic acids is 1. The minimum atomic E-state index is -0.447. The normalized spacial score (nSPS) is 15.1. The minimum Gasteiger partial charge on any atom is -0.396 e. The Bertz CT molecular complexity index is 412. The van der Waals surface area contributed by atoms with E-state index in [4.69, 9.17) is 11.5 Å². The van der Waals surface area contributed by atoms with Crippen molar-refractivity contribution < 1.29 is 4.79 Å². The Kier molecular flexibility index (Phi) is 3.30. The lowest BCUT2D eigenvalue weighted by molar-refractivity contribution is 0.100. The number of thioether (sulfide) groups is 1. The second kappa shape index (κ2) is 4.55. The van der Waals surface area contributed by atoms with E-state index in [0.29, 0.717) is 10.6 Å². The highest BCUT2D eigenvalue weighted by molar-refractivity contribution is 7.99. The van der Waals surface area contributed by atoms with Crippen LogP contribution in [0.3, 0.4) is 0 Å². The Hall–Kier alpha value is -0.880. The zero-order valence-electron chi connectivity index (χ0n) is 9.08. The van der Waals surface area contributed by atoms with Gasteiger partial charge < -0.3 is 16.8 Å². The average molecular weight is 257 g/mol. The fraction of sp³-hybridized carbons (Fsp3) is 0.500. The molecule has 88 valence electrons. The van der Waals surface area contributed by atoms with Gasteiger partial charge in [-0.05, 0) is 25.0 Å². The van der Waals surface area contributed by atoms with E-state index in [9.17, 15) is 4.79 Å². The van der Waals surface area contributed by atoms with Crippen LogP contribution in [0.2, 0.25) is 0 Å². The lowest BCUT2D eigenvalue weighted by Crippen LogP contribution is -2.10. The molecule has 1 amide bonds. The van der Waals surface area contributed by atoms with E-state index in [1.54, 1.807) is 11.8 Å². The fourth-order valence-electron chi connectivity index (χ4n) is 1.49. The number of thiophene rings is 1. The molecule has 1 heterocycles. The molecule has 0 bridgehead atoms. The van der Waals surface area contributed by atoms with Crippen molar-refractivity contribution in [2.75, 3.05) is 23.9 Å². The lowest BCUT2D eigenvalue weighted by Gasteiger charge is -2.04. The van der Waals surface area contributed by atoms with Crippen molar-refractivity contribution >= 4 is 39.7 Å². The zero-order valence-corrected chi connectivity index (χ0v) is 10.7. The molecule has 0 saturated heterocycles. The van der Waals surface area contributed by atoms with Crippen molar-refractivity contribution in [2.24, 2.45) is 11.7 Å². The number of amides is 1. The maximum atomic E-state index is 11.2. The molecular formula is C10H15N3OS2. The molecule has 1 aliphatic rings. The van der Waals surface area contributed by atoms with Crippen LogP contribution in [-0.4, -0.2) is 18.7 Å². The first kappa shape index (κ1) is 11.6. The standard InChI is InChI=1S/C10H15N3OS2/c1-15-8-6(11)7(9(12)14)16-10(8)13-4-5-2-3-5/h5,13H,2-4,11H2,1H3,(H2,12,14). The summed E-state index contributed by atoms with van der Waals surface area (Å²) < 4.78 is 0. The van der Waals surface area contributed by atoms with Crippen LogP contribution >= 0.6 is 23.1 Å². The van der Waals surface area contributed by atoms with Crippen molar-refractivity contribution in [3.05, 3.63) is 4.88 Å². The number of nitrogens with two attached hydrogens (primary N) is 2. The van der Waals surface area contributed by atoms with Crippen LogP contribution in [0, 0.1) is 5.92 Å². The van der Waals surface area contributed by atoms with E-state index in [0.717, 1.165) is 22.4 Å². The third kappa shape index (κ3) is 2.27. The molecule has 16 heavy (non-hydrogen) atoms. The van der Waals surface area contributed by atoms with Crippen molar-refractivity contribution in [1.82, 2.24) is 0 Å². The van der Waals surface area contributed by atoms with Crippen LogP contribution in [0.4, 0.5) is 10.7 Å². The number of primary amides is 1. The van der Waals surface area contributed by atoms with E-state index in [-0.39, 0.29) is 0 Å². The number of rotatable bonds is 5. The number of anilines is 2. The van der Waals surface area contributed by atoms with Crippen molar-refractivity contribution in [2.45, 2.75) is 17.7 Å². The summed E-state index contributed by atoms with van der Waals surface area (Å²) in [4.78, 5) is 12.6. The first-order chi connectivity index (χ1) is 7.63. The summed E-state index contributed by atoms with van der Waals surface area (Å²) >= 11 is 2.90. The van der Waals surface area contributed by atoms with Crippen molar-refractivity contribution in [3.8, 4) is 0 Å². The Morgan fingerprint density at radius 1 is 1.62 bits per heavy atom. The topological polar surface area (TPSA) is 81.1 Å². The molecule has 0 radical (unpaired) electrons. The quantitative estimate of drug-likeness (QED) is 0.704. The van der Waals surface area contributed by atoms with Gasteiger partial charge in [0.25, 0.3) is 5.91 Å². The fourth-order valence-corrected chi connectivity index (χ4v) is 3.38. The summed E-state index contributed by atoms with van der Waals surface area (Å²) in [5, 5.41) is 4.33. The molecule has 1 fully saturated rings. The number of hydrogen-bond donors (Lipinski definition) is 3. The second-order valence-electron chi connectivity index (χ2n) is 3.90. The molecule has 1 saturated carbocycles. The average Bonchev–Trinajstić information content (AvgIpc) is 3.00. The molecule has 5 N–H and O–H groups in total. The molecule has 0 aromatic carbocycles. The first-order valence-corrected chi connectivity index (χ1v) is 7.17.